The number of carbonyl (C=O) groups is 1. The van der Waals surface area contributed by atoms with Gasteiger partial charge in [0.15, 0.2) is 0 Å². The average molecular weight is 404 g/mol. The molecule has 1 fully saturated rings. The molecule has 1 aromatic carbocycles. The molecule has 1 saturated carbocycles. The highest BCUT2D eigenvalue weighted by Gasteiger charge is 2.36. The average Bonchev–Trinajstić information content (AvgIpc) is 3.40. The molecule has 0 aromatic heterocycles. The second-order valence-corrected chi connectivity index (χ2v) is 9.63. The third-order valence-corrected chi connectivity index (χ3v) is 5.06. The Morgan fingerprint density at radius 1 is 1.10 bits per heavy atom. The van der Waals surface area contributed by atoms with Crippen LogP contribution in [-0.2, 0) is 9.39 Å². The Bertz CT molecular complexity index is 672. The minimum absolute atomic E-state index is 0.265. The molecule has 0 bridgehead atoms. The number of benzene rings is 1. The van der Waals surface area contributed by atoms with Gasteiger partial charge in [-0.25, -0.2) is 4.79 Å². The Labute approximate surface area is 175 Å². The van der Waals surface area contributed by atoms with Gasteiger partial charge in [-0.3, -0.25) is 0 Å². The molecule has 161 valence electrons. The normalized spacial score (nSPS) is 15.0. The zero-order valence-electron chi connectivity index (χ0n) is 18.8. The van der Waals surface area contributed by atoms with Gasteiger partial charge in [-0.1, -0.05) is 17.6 Å². The maximum absolute atomic E-state index is 12.4. The number of aliphatic hydroxyl groups is 1. The van der Waals surface area contributed by atoms with Gasteiger partial charge >= 0.3 is 13.6 Å². The van der Waals surface area contributed by atoms with Gasteiger partial charge in [0, 0.05) is 6.04 Å². The smallest absolute Gasteiger partial charge is 0.410 e. The lowest BCUT2D eigenvalue weighted by atomic mass is 9.82. The fraction of sp³-hybridized carbons (Fsp3) is 0.682. The van der Waals surface area contributed by atoms with Crippen LogP contribution in [0.3, 0.4) is 0 Å². The lowest BCUT2D eigenvalue weighted by Gasteiger charge is -2.37. The monoisotopic (exact) mass is 404 g/mol. The fourth-order valence-corrected chi connectivity index (χ4v) is 2.39. The van der Waals surface area contributed by atoms with Gasteiger partial charge in [-0.15, -0.1) is 0 Å². The van der Waals surface area contributed by atoms with Gasteiger partial charge in [-0.05, 0) is 73.4 Å². The van der Waals surface area contributed by atoms with Crippen molar-refractivity contribution in [2.45, 2.75) is 84.2 Å². The summed E-state index contributed by atoms with van der Waals surface area (Å²) >= 11 is 0. The number of amides is 1. The summed E-state index contributed by atoms with van der Waals surface area (Å²) in [4.78, 5) is 14.1. The molecule has 29 heavy (non-hydrogen) atoms. The van der Waals surface area contributed by atoms with Gasteiger partial charge < -0.3 is 24.1 Å². The lowest BCUT2D eigenvalue weighted by molar-refractivity contribution is -0.0893. The molecule has 6 nitrogen and oxygen atoms in total. The highest BCUT2D eigenvalue weighted by atomic mass is 16.6. The first kappa shape index (κ1) is 23.6. The van der Waals surface area contributed by atoms with E-state index in [4.69, 9.17) is 14.1 Å². The first-order valence-electron chi connectivity index (χ1n) is 10.2. The Morgan fingerprint density at radius 3 is 2.17 bits per heavy atom. The third-order valence-electron chi connectivity index (χ3n) is 5.06. The predicted molar refractivity (Wildman–Crippen MR) is 115 cm³/mol. The highest BCUT2D eigenvalue weighted by Crippen LogP contribution is 2.28. The van der Waals surface area contributed by atoms with Gasteiger partial charge in [0.2, 0.25) is 0 Å². The zero-order valence-corrected chi connectivity index (χ0v) is 18.8. The predicted octanol–water partition coefficient (Wildman–Crippen LogP) is 3.28. The zero-order chi connectivity index (χ0) is 21.9. The first-order chi connectivity index (χ1) is 13.3. The summed E-state index contributed by atoms with van der Waals surface area (Å²) in [5.74, 6) is 0.726. The molecule has 1 amide bonds. The summed E-state index contributed by atoms with van der Waals surface area (Å²) in [6, 6.07) is 7.77. The molecule has 0 aliphatic heterocycles. The van der Waals surface area contributed by atoms with Gasteiger partial charge in [-0.2, -0.15) is 0 Å². The van der Waals surface area contributed by atoms with E-state index in [1.54, 1.807) is 26.2 Å². The topological polar surface area (TPSA) is 68.2 Å². The second kappa shape index (κ2) is 8.96. The van der Waals surface area contributed by atoms with Crippen LogP contribution in [0.5, 0.6) is 5.75 Å². The number of hydrogen-bond donors (Lipinski definition) is 1. The van der Waals surface area contributed by atoms with E-state index in [2.05, 4.69) is 0 Å². The Morgan fingerprint density at radius 2 is 1.69 bits per heavy atom. The van der Waals surface area contributed by atoms with Crippen molar-refractivity contribution in [2.75, 3.05) is 13.2 Å². The van der Waals surface area contributed by atoms with Gasteiger partial charge in [0.05, 0.1) is 17.7 Å². The van der Waals surface area contributed by atoms with Gasteiger partial charge in [0.1, 0.15) is 18.0 Å². The second-order valence-electron chi connectivity index (χ2n) is 9.63. The van der Waals surface area contributed by atoms with E-state index >= 15 is 0 Å². The standard InChI is InChI=1S/C22H35BNO5/c1-20(2,3)28-19(25)24(17-10-11-17)14-15-27-18-12-8-16(9-13-18)23-29-22(6,7)21(4,5)26/h8-9,12-13,17,26H,10-11,14-15H2,1-7H3. The minimum atomic E-state index is -0.964. The van der Waals surface area contributed by atoms with Crippen molar-refractivity contribution in [2.24, 2.45) is 0 Å². The molecule has 1 aliphatic rings. The van der Waals surface area contributed by atoms with Crippen molar-refractivity contribution < 1.29 is 24.0 Å². The number of rotatable bonds is 9. The van der Waals surface area contributed by atoms with E-state index in [1.807, 2.05) is 58.9 Å². The molecule has 2 rings (SSSR count). The summed E-state index contributed by atoms with van der Waals surface area (Å²) in [5.41, 5.74) is -1.30. The van der Waals surface area contributed by atoms with Crippen LogP contribution in [0.4, 0.5) is 4.79 Å². The van der Waals surface area contributed by atoms with Crippen molar-refractivity contribution >= 4 is 19.0 Å². The van der Waals surface area contributed by atoms with E-state index in [1.165, 1.54) is 0 Å². The maximum Gasteiger partial charge on any atom is 0.410 e. The van der Waals surface area contributed by atoms with Crippen molar-refractivity contribution in [1.82, 2.24) is 4.90 Å². The Kier molecular flexibility index (Phi) is 7.28. The summed E-state index contributed by atoms with van der Waals surface area (Å²) in [6.45, 7) is 13.7. The van der Waals surface area contributed by atoms with Crippen LogP contribution in [0, 0.1) is 0 Å². The lowest BCUT2D eigenvalue weighted by Crippen LogP contribution is -2.49. The molecular formula is C22H35BNO5. The van der Waals surface area contributed by atoms with Crippen LogP contribution in [0.2, 0.25) is 0 Å². The molecule has 0 spiro atoms. The van der Waals surface area contributed by atoms with Crippen LogP contribution in [0.1, 0.15) is 61.3 Å². The number of ether oxygens (including phenoxy) is 2. The highest BCUT2D eigenvalue weighted by molar-refractivity contribution is 6.47. The van der Waals surface area contributed by atoms with Crippen LogP contribution < -0.4 is 10.2 Å². The van der Waals surface area contributed by atoms with Crippen molar-refractivity contribution in [3.05, 3.63) is 24.3 Å². The molecule has 0 heterocycles. The summed E-state index contributed by atoms with van der Waals surface area (Å²) in [6.07, 6.45) is 1.76. The van der Waals surface area contributed by atoms with Gasteiger partial charge in [0.25, 0.3) is 0 Å². The fourth-order valence-electron chi connectivity index (χ4n) is 2.39. The van der Waals surface area contributed by atoms with Crippen molar-refractivity contribution in [3.8, 4) is 5.75 Å². The van der Waals surface area contributed by atoms with Crippen LogP contribution in [-0.4, -0.2) is 59.6 Å². The van der Waals surface area contributed by atoms with Crippen LogP contribution in [0.15, 0.2) is 24.3 Å². The number of hydrogen-bond acceptors (Lipinski definition) is 5. The summed E-state index contributed by atoms with van der Waals surface area (Å²) in [7, 11) is 1.64. The molecule has 0 unspecified atom stereocenters. The minimum Gasteiger partial charge on any atom is -0.492 e. The molecular weight excluding hydrogens is 369 g/mol. The Balaban J connectivity index is 1.81. The molecule has 0 saturated heterocycles. The van der Waals surface area contributed by atoms with E-state index < -0.39 is 16.8 Å². The number of carbonyl (C=O) groups excluding carboxylic acids is 1. The summed E-state index contributed by atoms with van der Waals surface area (Å²) in [5, 5.41) is 10.2. The van der Waals surface area contributed by atoms with E-state index in [-0.39, 0.29) is 12.1 Å². The molecule has 1 aliphatic carbocycles. The van der Waals surface area contributed by atoms with E-state index in [0.29, 0.717) is 13.2 Å². The molecule has 1 radical (unpaired) electrons. The largest absolute Gasteiger partial charge is 0.492 e. The first-order valence-corrected chi connectivity index (χ1v) is 10.2. The van der Waals surface area contributed by atoms with E-state index in [0.717, 1.165) is 24.1 Å². The summed E-state index contributed by atoms with van der Waals surface area (Å²) < 4.78 is 17.1. The molecule has 7 heteroatoms. The molecule has 1 N–H and O–H groups in total. The molecule has 0 atom stereocenters. The van der Waals surface area contributed by atoms with Crippen LogP contribution >= 0.6 is 0 Å². The third kappa shape index (κ3) is 7.55. The van der Waals surface area contributed by atoms with Crippen LogP contribution in [0.25, 0.3) is 0 Å². The van der Waals surface area contributed by atoms with Crippen molar-refractivity contribution in [1.29, 1.82) is 0 Å². The quantitative estimate of drug-likeness (QED) is 0.640. The molecule has 1 aromatic rings. The maximum atomic E-state index is 12.4. The Hall–Kier alpha value is -1.73. The van der Waals surface area contributed by atoms with Crippen molar-refractivity contribution in [3.63, 3.8) is 0 Å². The van der Waals surface area contributed by atoms with E-state index in [9.17, 15) is 9.90 Å². The SMILES string of the molecule is CC(C)(C)OC(=O)N(CCOc1ccc([B]OC(C)(C)C(C)(C)O)cc1)C1CC1. The number of nitrogens with zero attached hydrogens (tertiary/aromatic N) is 1.